The van der Waals surface area contributed by atoms with E-state index in [9.17, 15) is 9.59 Å². The number of likely N-dealkylation sites (N-methyl/N-ethyl adjacent to an activating group) is 1. The average molecular weight is 327 g/mol. The quantitative estimate of drug-likeness (QED) is 0.809. The highest BCUT2D eigenvalue weighted by Crippen LogP contribution is 2.23. The standard InChI is InChI=1S/C19H21NO4/c1-20(14-8-13-17(21)22)19(23)18(15-9-4-2-5-10-15)24-16-11-6-3-7-12-16/h2-7,9-12,18H,8,13-14H2,1H3,(H,21,22). The minimum Gasteiger partial charge on any atom is -0.481 e. The van der Waals surface area contributed by atoms with Gasteiger partial charge in [-0.25, -0.2) is 0 Å². The molecule has 2 aromatic rings. The summed E-state index contributed by atoms with van der Waals surface area (Å²) >= 11 is 0. The highest BCUT2D eigenvalue weighted by molar-refractivity contribution is 5.82. The third kappa shape index (κ3) is 5.12. The molecule has 0 aromatic heterocycles. The van der Waals surface area contributed by atoms with Crippen LogP contribution >= 0.6 is 0 Å². The maximum atomic E-state index is 12.8. The van der Waals surface area contributed by atoms with Crippen LogP contribution in [0.5, 0.6) is 5.75 Å². The molecule has 0 saturated heterocycles. The fraction of sp³-hybridized carbons (Fsp3) is 0.263. The van der Waals surface area contributed by atoms with Crippen molar-refractivity contribution in [1.29, 1.82) is 0 Å². The van der Waals surface area contributed by atoms with Gasteiger partial charge in [-0.3, -0.25) is 9.59 Å². The third-order valence-electron chi connectivity index (χ3n) is 3.58. The lowest BCUT2D eigenvalue weighted by atomic mass is 10.1. The summed E-state index contributed by atoms with van der Waals surface area (Å²) in [6.07, 6.45) is -0.319. The van der Waals surface area contributed by atoms with Crippen LogP contribution in [0, 0.1) is 0 Å². The first-order valence-corrected chi connectivity index (χ1v) is 7.81. The van der Waals surface area contributed by atoms with Crippen LogP contribution in [0.1, 0.15) is 24.5 Å². The highest BCUT2D eigenvalue weighted by Gasteiger charge is 2.25. The molecule has 0 saturated carbocycles. The third-order valence-corrected chi connectivity index (χ3v) is 3.58. The molecule has 0 spiro atoms. The van der Waals surface area contributed by atoms with Crippen molar-refractivity contribution in [2.24, 2.45) is 0 Å². The minimum absolute atomic E-state index is 0.0349. The summed E-state index contributed by atoms with van der Waals surface area (Å²) in [5.41, 5.74) is 0.761. The van der Waals surface area contributed by atoms with Gasteiger partial charge in [-0.1, -0.05) is 48.5 Å². The van der Waals surface area contributed by atoms with Crippen LogP contribution in [0.15, 0.2) is 60.7 Å². The molecule has 5 heteroatoms. The Morgan fingerprint density at radius 2 is 1.62 bits per heavy atom. The molecule has 0 aliphatic carbocycles. The summed E-state index contributed by atoms with van der Waals surface area (Å²) < 4.78 is 5.90. The van der Waals surface area contributed by atoms with E-state index in [1.54, 1.807) is 19.2 Å². The van der Waals surface area contributed by atoms with E-state index in [0.29, 0.717) is 18.7 Å². The van der Waals surface area contributed by atoms with Gasteiger partial charge in [0.15, 0.2) is 0 Å². The van der Waals surface area contributed by atoms with Crippen LogP contribution < -0.4 is 4.74 Å². The van der Waals surface area contributed by atoms with Crippen molar-refractivity contribution < 1.29 is 19.4 Å². The Labute approximate surface area is 141 Å². The molecular formula is C19H21NO4. The van der Waals surface area contributed by atoms with Crippen LogP contribution in [0.25, 0.3) is 0 Å². The van der Waals surface area contributed by atoms with E-state index in [0.717, 1.165) is 5.56 Å². The topological polar surface area (TPSA) is 66.8 Å². The summed E-state index contributed by atoms with van der Waals surface area (Å²) in [7, 11) is 1.66. The van der Waals surface area contributed by atoms with Gasteiger partial charge in [0, 0.05) is 25.6 Å². The first kappa shape index (κ1) is 17.5. The van der Waals surface area contributed by atoms with Crippen molar-refractivity contribution in [3.8, 4) is 5.75 Å². The Morgan fingerprint density at radius 3 is 2.21 bits per heavy atom. The van der Waals surface area contributed by atoms with Crippen LogP contribution in [0.2, 0.25) is 0 Å². The number of rotatable bonds is 8. The molecule has 0 bridgehead atoms. The Balaban J connectivity index is 2.12. The SMILES string of the molecule is CN(CCCC(=O)O)C(=O)C(Oc1ccccc1)c1ccccc1. The van der Waals surface area contributed by atoms with Crippen molar-refractivity contribution in [2.45, 2.75) is 18.9 Å². The molecule has 0 fully saturated rings. The highest BCUT2D eigenvalue weighted by atomic mass is 16.5. The zero-order valence-electron chi connectivity index (χ0n) is 13.6. The summed E-state index contributed by atoms with van der Waals surface area (Å²) in [6.45, 7) is 0.368. The van der Waals surface area contributed by atoms with Crippen LogP contribution in [-0.2, 0) is 9.59 Å². The number of nitrogens with zero attached hydrogens (tertiary/aromatic N) is 1. The van der Waals surface area contributed by atoms with Crippen LogP contribution in [0.3, 0.4) is 0 Å². The van der Waals surface area contributed by atoms with Gasteiger partial charge in [-0.05, 0) is 18.6 Å². The smallest absolute Gasteiger partial charge is 0.303 e. The zero-order chi connectivity index (χ0) is 17.4. The molecule has 126 valence electrons. The van der Waals surface area contributed by atoms with Gasteiger partial charge in [-0.2, -0.15) is 0 Å². The van der Waals surface area contributed by atoms with E-state index < -0.39 is 12.1 Å². The van der Waals surface area contributed by atoms with E-state index in [2.05, 4.69) is 0 Å². The maximum Gasteiger partial charge on any atom is 0.303 e. The summed E-state index contributed by atoms with van der Waals surface area (Å²) in [5.74, 6) is -0.454. The number of amides is 1. The number of carboxylic acid groups (broad SMARTS) is 1. The predicted octanol–water partition coefficient (Wildman–Crippen LogP) is 3.13. The van der Waals surface area contributed by atoms with Gasteiger partial charge in [-0.15, -0.1) is 0 Å². The number of hydrogen-bond donors (Lipinski definition) is 1. The number of para-hydroxylation sites is 1. The van der Waals surface area contributed by atoms with Crippen molar-refractivity contribution in [2.75, 3.05) is 13.6 Å². The zero-order valence-corrected chi connectivity index (χ0v) is 13.6. The number of hydrogen-bond acceptors (Lipinski definition) is 3. The lowest BCUT2D eigenvalue weighted by molar-refractivity contribution is -0.140. The molecule has 1 unspecified atom stereocenters. The van der Waals surface area contributed by atoms with Gasteiger partial charge in [0.05, 0.1) is 0 Å². The molecule has 1 amide bonds. The number of carbonyl (C=O) groups is 2. The fourth-order valence-electron chi connectivity index (χ4n) is 2.30. The number of carboxylic acids is 1. The normalized spacial score (nSPS) is 11.5. The van der Waals surface area contributed by atoms with E-state index >= 15 is 0 Å². The lowest BCUT2D eigenvalue weighted by Gasteiger charge is -2.25. The Kier molecular flexibility index (Phi) is 6.37. The molecule has 2 rings (SSSR count). The first-order chi connectivity index (χ1) is 11.6. The second kappa shape index (κ2) is 8.72. The molecule has 0 heterocycles. The Bertz CT molecular complexity index is 658. The second-order valence-electron chi connectivity index (χ2n) is 5.48. The fourth-order valence-corrected chi connectivity index (χ4v) is 2.30. The van der Waals surface area contributed by atoms with Crippen LogP contribution in [0.4, 0.5) is 0 Å². The Hall–Kier alpha value is -2.82. The monoisotopic (exact) mass is 327 g/mol. The van der Waals surface area contributed by atoms with E-state index in [1.165, 1.54) is 4.90 Å². The van der Waals surface area contributed by atoms with E-state index in [-0.39, 0.29) is 12.3 Å². The number of ether oxygens (including phenoxy) is 1. The van der Waals surface area contributed by atoms with Gasteiger partial charge in [0.25, 0.3) is 5.91 Å². The second-order valence-corrected chi connectivity index (χ2v) is 5.48. The number of benzene rings is 2. The van der Waals surface area contributed by atoms with Gasteiger partial charge in [0.2, 0.25) is 6.10 Å². The Morgan fingerprint density at radius 1 is 1.04 bits per heavy atom. The lowest BCUT2D eigenvalue weighted by Crippen LogP contribution is -2.35. The van der Waals surface area contributed by atoms with Gasteiger partial charge in [0.1, 0.15) is 5.75 Å². The van der Waals surface area contributed by atoms with Crippen LogP contribution in [-0.4, -0.2) is 35.5 Å². The minimum atomic E-state index is -0.865. The molecule has 1 N–H and O–H groups in total. The van der Waals surface area contributed by atoms with E-state index in [1.807, 2.05) is 48.5 Å². The van der Waals surface area contributed by atoms with Crippen molar-refractivity contribution in [3.05, 3.63) is 66.2 Å². The van der Waals surface area contributed by atoms with Crippen molar-refractivity contribution >= 4 is 11.9 Å². The molecule has 0 aliphatic heterocycles. The number of aliphatic carboxylic acids is 1. The predicted molar refractivity (Wildman–Crippen MR) is 90.8 cm³/mol. The van der Waals surface area contributed by atoms with Crippen molar-refractivity contribution in [3.63, 3.8) is 0 Å². The summed E-state index contributed by atoms with van der Waals surface area (Å²) in [6, 6.07) is 18.4. The summed E-state index contributed by atoms with van der Waals surface area (Å²) in [5, 5.41) is 8.72. The molecular weight excluding hydrogens is 306 g/mol. The molecule has 5 nitrogen and oxygen atoms in total. The van der Waals surface area contributed by atoms with Crippen molar-refractivity contribution in [1.82, 2.24) is 4.90 Å². The average Bonchev–Trinajstić information content (AvgIpc) is 2.60. The molecule has 24 heavy (non-hydrogen) atoms. The van der Waals surface area contributed by atoms with Gasteiger partial charge < -0.3 is 14.7 Å². The number of carbonyl (C=O) groups excluding carboxylic acids is 1. The largest absolute Gasteiger partial charge is 0.481 e. The first-order valence-electron chi connectivity index (χ1n) is 7.81. The van der Waals surface area contributed by atoms with E-state index in [4.69, 9.17) is 9.84 Å². The molecule has 0 radical (unpaired) electrons. The molecule has 2 aromatic carbocycles. The maximum absolute atomic E-state index is 12.8. The summed E-state index contributed by atoms with van der Waals surface area (Å²) in [4.78, 5) is 24.9. The molecule has 1 atom stereocenters. The van der Waals surface area contributed by atoms with Gasteiger partial charge >= 0.3 is 5.97 Å². The molecule has 0 aliphatic rings.